The summed E-state index contributed by atoms with van der Waals surface area (Å²) in [6.45, 7) is 1.78. The first-order valence-electron chi connectivity index (χ1n) is 5.88. The monoisotopic (exact) mass is 236 g/mol. The lowest BCUT2D eigenvalue weighted by atomic mass is 10.1. The van der Waals surface area contributed by atoms with Crippen LogP contribution in [0.3, 0.4) is 0 Å². The van der Waals surface area contributed by atoms with Gasteiger partial charge in [0.2, 0.25) is 5.91 Å². The Kier molecular flexibility index (Phi) is 3.43. The topological polar surface area (TPSA) is 55.1 Å². The zero-order valence-electron chi connectivity index (χ0n) is 9.87. The highest BCUT2D eigenvalue weighted by atomic mass is 19.1. The fourth-order valence-electron chi connectivity index (χ4n) is 1.86. The van der Waals surface area contributed by atoms with Crippen molar-refractivity contribution < 1.29 is 9.18 Å². The number of benzene rings is 1. The molecule has 1 aliphatic rings. The van der Waals surface area contributed by atoms with Gasteiger partial charge in [0.25, 0.3) is 0 Å². The summed E-state index contributed by atoms with van der Waals surface area (Å²) in [5.74, 6) is 0.0166. The summed E-state index contributed by atoms with van der Waals surface area (Å²) in [7, 11) is 0. The predicted octanol–water partition coefficient (Wildman–Crippen LogP) is 2.20. The van der Waals surface area contributed by atoms with Crippen molar-refractivity contribution in [2.75, 3.05) is 5.32 Å². The molecule has 1 atom stereocenters. The van der Waals surface area contributed by atoms with E-state index in [1.165, 1.54) is 25.0 Å². The fourth-order valence-corrected chi connectivity index (χ4v) is 1.86. The molecule has 1 saturated carbocycles. The maximum absolute atomic E-state index is 13.1. The molecule has 0 aliphatic heterocycles. The van der Waals surface area contributed by atoms with E-state index in [9.17, 15) is 9.18 Å². The molecular weight excluding hydrogens is 219 g/mol. The van der Waals surface area contributed by atoms with E-state index in [0.29, 0.717) is 11.6 Å². The van der Waals surface area contributed by atoms with Crippen molar-refractivity contribution in [1.29, 1.82) is 0 Å². The van der Waals surface area contributed by atoms with E-state index in [-0.39, 0.29) is 11.7 Å². The number of rotatable bonds is 4. The highest BCUT2D eigenvalue weighted by molar-refractivity contribution is 5.94. The van der Waals surface area contributed by atoms with Crippen LogP contribution in [-0.2, 0) is 4.79 Å². The van der Waals surface area contributed by atoms with Gasteiger partial charge in [0.1, 0.15) is 5.82 Å². The molecule has 0 spiro atoms. The summed E-state index contributed by atoms with van der Waals surface area (Å²) in [6.07, 6.45) is 3.06. The van der Waals surface area contributed by atoms with Crippen molar-refractivity contribution in [2.24, 2.45) is 11.7 Å². The number of carbonyl (C=O) groups excluding carboxylic acids is 1. The molecular formula is C13H17FN2O. The van der Waals surface area contributed by atoms with E-state index in [2.05, 4.69) is 5.32 Å². The first-order chi connectivity index (χ1) is 8.04. The molecule has 1 unspecified atom stereocenters. The van der Waals surface area contributed by atoms with E-state index in [1.54, 1.807) is 13.0 Å². The Labute approximate surface area is 100 Å². The molecule has 2 rings (SSSR count). The van der Waals surface area contributed by atoms with Crippen LogP contribution >= 0.6 is 0 Å². The van der Waals surface area contributed by atoms with Gasteiger partial charge in [-0.2, -0.15) is 0 Å². The number of carbonyl (C=O) groups is 1. The lowest BCUT2D eigenvalue weighted by Gasteiger charge is -2.12. The first-order valence-corrected chi connectivity index (χ1v) is 5.88. The zero-order chi connectivity index (χ0) is 12.4. The number of nitrogens with one attached hydrogen (secondary N) is 1. The molecule has 4 heteroatoms. The Balaban J connectivity index is 1.96. The largest absolute Gasteiger partial charge is 0.325 e. The molecule has 1 amide bonds. The van der Waals surface area contributed by atoms with Crippen LogP contribution in [0, 0.1) is 18.7 Å². The van der Waals surface area contributed by atoms with Crippen molar-refractivity contribution in [2.45, 2.75) is 32.2 Å². The number of anilines is 1. The van der Waals surface area contributed by atoms with Gasteiger partial charge in [0, 0.05) is 5.69 Å². The SMILES string of the molecule is Cc1cc(F)cc(NC(=O)C(N)CC2CC2)c1. The van der Waals surface area contributed by atoms with Crippen molar-refractivity contribution in [3.63, 3.8) is 0 Å². The Bertz CT molecular complexity index is 409. The average Bonchev–Trinajstić information content (AvgIpc) is 2.99. The minimum Gasteiger partial charge on any atom is -0.325 e. The number of amides is 1. The predicted molar refractivity (Wildman–Crippen MR) is 65.1 cm³/mol. The van der Waals surface area contributed by atoms with Gasteiger partial charge in [-0.3, -0.25) is 4.79 Å². The van der Waals surface area contributed by atoms with E-state index in [4.69, 9.17) is 5.73 Å². The Hall–Kier alpha value is -1.42. The highest BCUT2D eigenvalue weighted by Crippen LogP contribution is 2.33. The molecule has 3 N–H and O–H groups in total. The molecule has 3 nitrogen and oxygen atoms in total. The van der Waals surface area contributed by atoms with E-state index in [1.807, 2.05) is 0 Å². The number of hydrogen-bond acceptors (Lipinski definition) is 2. The third kappa shape index (κ3) is 3.53. The highest BCUT2D eigenvalue weighted by Gasteiger charge is 2.27. The lowest BCUT2D eigenvalue weighted by molar-refractivity contribution is -0.117. The molecule has 92 valence electrons. The van der Waals surface area contributed by atoms with Gasteiger partial charge < -0.3 is 11.1 Å². The Morgan fingerprint density at radius 3 is 2.82 bits per heavy atom. The van der Waals surface area contributed by atoms with Gasteiger partial charge in [-0.1, -0.05) is 12.8 Å². The van der Waals surface area contributed by atoms with Gasteiger partial charge in [-0.05, 0) is 43.0 Å². The van der Waals surface area contributed by atoms with Crippen molar-refractivity contribution >= 4 is 11.6 Å². The van der Waals surface area contributed by atoms with Crippen LogP contribution in [0.25, 0.3) is 0 Å². The minimum atomic E-state index is -0.494. The molecule has 0 bridgehead atoms. The van der Waals surface area contributed by atoms with E-state index in [0.717, 1.165) is 12.0 Å². The quantitative estimate of drug-likeness (QED) is 0.842. The second kappa shape index (κ2) is 4.84. The standard InChI is InChI=1S/C13H17FN2O/c1-8-4-10(14)7-11(5-8)16-13(17)12(15)6-9-2-3-9/h4-5,7,9,12H,2-3,6,15H2,1H3,(H,16,17). The minimum absolute atomic E-state index is 0.234. The first kappa shape index (κ1) is 12.0. The van der Waals surface area contributed by atoms with Crippen LogP contribution < -0.4 is 11.1 Å². The number of nitrogens with two attached hydrogens (primary N) is 1. The van der Waals surface area contributed by atoms with Crippen molar-refractivity contribution in [1.82, 2.24) is 0 Å². The van der Waals surface area contributed by atoms with E-state index < -0.39 is 6.04 Å². The lowest BCUT2D eigenvalue weighted by Crippen LogP contribution is -2.36. The Morgan fingerprint density at radius 1 is 1.53 bits per heavy atom. The molecule has 1 aliphatic carbocycles. The van der Waals surface area contributed by atoms with Crippen molar-refractivity contribution in [3.05, 3.63) is 29.6 Å². The van der Waals surface area contributed by atoms with Crippen LogP contribution in [0.2, 0.25) is 0 Å². The van der Waals surface area contributed by atoms with Gasteiger partial charge >= 0.3 is 0 Å². The summed E-state index contributed by atoms with van der Waals surface area (Å²) in [6, 6.07) is 3.95. The van der Waals surface area contributed by atoms with Crippen LogP contribution in [-0.4, -0.2) is 11.9 Å². The number of hydrogen-bond donors (Lipinski definition) is 2. The molecule has 1 aromatic rings. The molecule has 0 heterocycles. The van der Waals surface area contributed by atoms with Crippen LogP contribution in [0.4, 0.5) is 10.1 Å². The van der Waals surface area contributed by atoms with Gasteiger partial charge in [0.15, 0.2) is 0 Å². The molecule has 17 heavy (non-hydrogen) atoms. The Morgan fingerprint density at radius 2 is 2.24 bits per heavy atom. The summed E-state index contributed by atoms with van der Waals surface area (Å²) < 4.78 is 13.1. The molecule has 1 aromatic carbocycles. The molecule has 0 saturated heterocycles. The number of aryl methyl sites for hydroxylation is 1. The summed E-state index contributed by atoms with van der Waals surface area (Å²) in [4.78, 5) is 11.7. The molecule has 0 radical (unpaired) electrons. The molecule has 0 aromatic heterocycles. The third-order valence-corrected chi connectivity index (χ3v) is 2.93. The number of halogens is 1. The summed E-state index contributed by atoms with van der Waals surface area (Å²) >= 11 is 0. The third-order valence-electron chi connectivity index (χ3n) is 2.93. The van der Waals surface area contributed by atoms with E-state index >= 15 is 0 Å². The van der Waals surface area contributed by atoms with Crippen LogP contribution in [0.5, 0.6) is 0 Å². The fraction of sp³-hybridized carbons (Fsp3) is 0.462. The van der Waals surface area contributed by atoms with Gasteiger partial charge in [0.05, 0.1) is 6.04 Å². The van der Waals surface area contributed by atoms with Crippen LogP contribution in [0.1, 0.15) is 24.8 Å². The van der Waals surface area contributed by atoms with Gasteiger partial charge in [-0.25, -0.2) is 4.39 Å². The van der Waals surface area contributed by atoms with Crippen molar-refractivity contribution in [3.8, 4) is 0 Å². The normalized spacial score (nSPS) is 16.6. The summed E-state index contributed by atoms with van der Waals surface area (Å²) in [5.41, 5.74) is 7.02. The smallest absolute Gasteiger partial charge is 0.241 e. The van der Waals surface area contributed by atoms with Crippen LogP contribution in [0.15, 0.2) is 18.2 Å². The van der Waals surface area contributed by atoms with Gasteiger partial charge in [-0.15, -0.1) is 0 Å². The second-order valence-corrected chi connectivity index (χ2v) is 4.79. The average molecular weight is 236 g/mol. The maximum Gasteiger partial charge on any atom is 0.241 e. The second-order valence-electron chi connectivity index (χ2n) is 4.79. The summed E-state index contributed by atoms with van der Waals surface area (Å²) in [5, 5.41) is 2.65. The maximum atomic E-state index is 13.1. The molecule has 1 fully saturated rings. The zero-order valence-corrected chi connectivity index (χ0v) is 9.87.